The summed E-state index contributed by atoms with van der Waals surface area (Å²) in [6, 6.07) is 4.74. The summed E-state index contributed by atoms with van der Waals surface area (Å²) in [6.45, 7) is 2.18. The normalized spacial score (nSPS) is 28.4. The second-order valence-electron chi connectivity index (χ2n) is 9.93. The molecule has 8 nitrogen and oxygen atoms in total. The molecule has 3 saturated heterocycles. The third kappa shape index (κ3) is 5.41. The molecule has 5 rings (SSSR count). The Bertz CT molecular complexity index is 1060. The molecule has 6 atom stereocenters. The van der Waals surface area contributed by atoms with Gasteiger partial charge in [0.1, 0.15) is 18.1 Å². The minimum absolute atomic E-state index is 0.0892. The van der Waals surface area contributed by atoms with Crippen molar-refractivity contribution in [3.05, 3.63) is 29.3 Å². The summed E-state index contributed by atoms with van der Waals surface area (Å²) in [5.74, 6) is -6.32. The van der Waals surface area contributed by atoms with E-state index < -0.39 is 60.2 Å². The van der Waals surface area contributed by atoms with E-state index in [0.717, 1.165) is 6.42 Å². The Morgan fingerprint density at radius 2 is 2.11 bits per heavy atom. The van der Waals surface area contributed by atoms with Gasteiger partial charge in [0.15, 0.2) is 0 Å². The molecule has 4 aliphatic rings. The van der Waals surface area contributed by atoms with Crippen LogP contribution in [0, 0.1) is 23.2 Å². The maximum atomic E-state index is 14.9. The lowest BCUT2D eigenvalue weighted by atomic mass is 9.71. The van der Waals surface area contributed by atoms with Gasteiger partial charge in [0.25, 0.3) is 5.92 Å². The Kier molecular flexibility index (Phi) is 7.69. The predicted molar refractivity (Wildman–Crippen MR) is 129 cm³/mol. The molecule has 0 aromatic heterocycles. The summed E-state index contributed by atoms with van der Waals surface area (Å²) >= 11 is 6.02. The fourth-order valence-corrected chi connectivity index (χ4v) is 5.87. The SMILES string of the molecule is C[C@H](Nc1cccc(Cl)c1)C(=O)N1[C@H]2CC[C@@H]([C@@H]1C(=O)N[C@@H](C#N)C[C@@H]1CCCNC1=O)C(F)(F)C2. The van der Waals surface area contributed by atoms with Crippen molar-refractivity contribution in [1.29, 1.82) is 5.26 Å². The van der Waals surface area contributed by atoms with E-state index in [4.69, 9.17) is 11.6 Å². The van der Waals surface area contributed by atoms with Crippen molar-refractivity contribution in [3.63, 3.8) is 0 Å². The Morgan fingerprint density at radius 1 is 1.33 bits per heavy atom. The van der Waals surface area contributed by atoms with Crippen molar-refractivity contribution in [1.82, 2.24) is 15.5 Å². The van der Waals surface area contributed by atoms with E-state index in [1.807, 2.05) is 6.07 Å². The number of anilines is 1. The first-order valence-corrected chi connectivity index (χ1v) is 12.7. The number of amides is 3. The molecule has 1 aromatic carbocycles. The highest BCUT2D eigenvalue weighted by Gasteiger charge is 2.60. The molecule has 1 aliphatic carbocycles. The highest BCUT2D eigenvalue weighted by molar-refractivity contribution is 6.30. The lowest BCUT2D eigenvalue weighted by Crippen LogP contribution is -2.70. The molecule has 11 heteroatoms. The van der Waals surface area contributed by atoms with Crippen molar-refractivity contribution >= 4 is 35.0 Å². The first kappa shape index (κ1) is 26.1. The first-order valence-electron chi connectivity index (χ1n) is 12.3. The van der Waals surface area contributed by atoms with Crippen molar-refractivity contribution in [2.45, 2.75) is 75.5 Å². The van der Waals surface area contributed by atoms with Gasteiger partial charge in [0.05, 0.1) is 12.0 Å². The molecule has 0 unspecified atom stereocenters. The number of nitrogens with zero attached hydrogens (tertiary/aromatic N) is 2. The monoisotopic (exact) mass is 521 g/mol. The number of rotatable bonds is 7. The van der Waals surface area contributed by atoms with Gasteiger partial charge in [0, 0.05) is 35.6 Å². The summed E-state index contributed by atoms with van der Waals surface area (Å²) in [5, 5.41) is 18.4. The minimum Gasteiger partial charge on any atom is -0.374 e. The average molecular weight is 522 g/mol. The fourth-order valence-electron chi connectivity index (χ4n) is 5.68. The number of hydrogen-bond acceptors (Lipinski definition) is 5. The largest absolute Gasteiger partial charge is 0.374 e. The zero-order valence-corrected chi connectivity index (χ0v) is 20.7. The Balaban J connectivity index is 1.52. The van der Waals surface area contributed by atoms with Gasteiger partial charge < -0.3 is 20.9 Å². The van der Waals surface area contributed by atoms with E-state index in [2.05, 4.69) is 16.0 Å². The number of alkyl halides is 2. The third-order valence-electron chi connectivity index (χ3n) is 7.43. The Labute approximate surface area is 213 Å². The lowest BCUT2D eigenvalue weighted by molar-refractivity contribution is -0.194. The molecular formula is C25H30ClF2N5O3. The van der Waals surface area contributed by atoms with Crippen LogP contribution < -0.4 is 16.0 Å². The van der Waals surface area contributed by atoms with Crippen LogP contribution >= 0.6 is 11.6 Å². The van der Waals surface area contributed by atoms with Crippen LogP contribution in [0.5, 0.6) is 0 Å². The van der Waals surface area contributed by atoms with Gasteiger partial charge in [-0.3, -0.25) is 14.4 Å². The van der Waals surface area contributed by atoms with Crippen LogP contribution in [-0.2, 0) is 14.4 Å². The summed E-state index contributed by atoms with van der Waals surface area (Å²) in [7, 11) is 0. The van der Waals surface area contributed by atoms with Crippen molar-refractivity contribution in [2.24, 2.45) is 11.8 Å². The van der Waals surface area contributed by atoms with Crippen LogP contribution in [0.1, 0.15) is 45.4 Å². The Morgan fingerprint density at radius 3 is 2.78 bits per heavy atom. The van der Waals surface area contributed by atoms with E-state index in [-0.39, 0.29) is 18.7 Å². The molecule has 1 saturated carbocycles. The zero-order chi connectivity index (χ0) is 26.0. The van der Waals surface area contributed by atoms with Gasteiger partial charge >= 0.3 is 0 Å². The van der Waals surface area contributed by atoms with Gasteiger partial charge in [-0.25, -0.2) is 8.78 Å². The van der Waals surface area contributed by atoms with Crippen LogP contribution in [-0.4, -0.2) is 59.3 Å². The summed E-state index contributed by atoms with van der Waals surface area (Å²) in [6.07, 6.45) is 1.43. The molecule has 3 N–H and O–H groups in total. The molecule has 194 valence electrons. The molecule has 0 spiro atoms. The van der Waals surface area contributed by atoms with Crippen molar-refractivity contribution in [2.75, 3.05) is 11.9 Å². The molecule has 36 heavy (non-hydrogen) atoms. The number of halogens is 3. The number of nitriles is 1. The van der Waals surface area contributed by atoms with Crippen LogP contribution in [0.3, 0.4) is 0 Å². The van der Waals surface area contributed by atoms with E-state index in [9.17, 15) is 28.4 Å². The van der Waals surface area contributed by atoms with Crippen LogP contribution in [0.25, 0.3) is 0 Å². The molecule has 3 heterocycles. The number of benzene rings is 1. The highest BCUT2D eigenvalue weighted by Crippen LogP contribution is 2.49. The van der Waals surface area contributed by atoms with E-state index in [0.29, 0.717) is 30.1 Å². The minimum atomic E-state index is -3.10. The second kappa shape index (κ2) is 10.6. The van der Waals surface area contributed by atoms with E-state index in [1.165, 1.54) is 4.90 Å². The summed E-state index contributed by atoms with van der Waals surface area (Å²) in [4.78, 5) is 40.3. The van der Waals surface area contributed by atoms with E-state index >= 15 is 0 Å². The number of carbonyl (C=O) groups excluding carboxylic acids is 3. The maximum Gasteiger partial charge on any atom is 0.255 e. The van der Waals surface area contributed by atoms with Gasteiger partial charge in [0.2, 0.25) is 17.7 Å². The number of carbonyl (C=O) groups is 3. The van der Waals surface area contributed by atoms with Crippen molar-refractivity contribution < 1.29 is 23.2 Å². The first-order chi connectivity index (χ1) is 17.1. The van der Waals surface area contributed by atoms with Gasteiger partial charge in [-0.15, -0.1) is 0 Å². The van der Waals surface area contributed by atoms with Crippen molar-refractivity contribution in [3.8, 4) is 6.07 Å². The quantitative estimate of drug-likeness (QED) is 0.510. The molecular weight excluding hydrogens is 492 g/mol. The topological polar surface area (TPSA) is 114 Å². The van der Waals surface area contributed by atoms with Crippen LogP contribution in [0.4, 0.5) is 14.5 Å². The van der Waals surface area contributed by atoms with Crippen LogP contribution in [0.15, 0.2) is 24.3 Å². The molecule has 3 aliphatic heterocycles. The van der Waals surface area contributed by atoms with Gasteiger partial charge in [-0.1, -0.05) is 17.7 Å². The summed E-state index contributed by atoms with van der Waals surface area (Å²) in [5.41, 5.74) is 0.590. The van der Waals surface area contributed by atoms with Crippen LogP contribution in [0.2, 0.25) is 5.02 Å². The molecule has 3 amide bonds. The molecule has 0 radical (unpaired) electrons. The lowest BCUT2D eigenvalue weighted by Gasteiger charge is -2.54. The smallest absolute Gasteiger partial charge is 0.255 e. The van der Waals surface area contributed by atoms with E-state index in [1.54, 1.807) is 31.2 Å². The maximum absolute atomic E-state index is 14.9. The third-order valence-corrected chi connectivity index (χ3v) is 7.66. The average Bonchev–Trinajstić information content (AvgIpc) is 2.83. The predicted octanol–water partition coefficient (Wildman–Crippen LogP) is 3.08. The molecule has 4 fully saturated rings. The number of fused-ring (bicyclic) bond motifs is 3. The molecule has 1 aromatic rings. The zero-order valence-electron chi connectivity index (χ0n) is 20.0. The number of hydrogen-bond donors (Lipinski definition) is 3. The highest BCUT2D eigenvalue weighted by atomic mass is 35.5. The number of piperidine rings is 3. The number of nitrogens with one attached hydrogen (secondary N) is 3. The Hall–Kier alpha value is -2.93. The summed E-state index contributed by atoms with van der Waals surface area (Å²) < 4.78 is 29.8. The fraction of sp³-hybridized carbons (Fsp3) is 0.600. The standard InChI is InChI=1S/C25H30ClF2N5O3/c1-14(31-17-6-2-5-16(26)11-17)24(36)33-19-7-8-20(25(27,28)12-19)21(33)23(35)32-18(13-29)10-15-4-3-9-30-22(15)34/h2,5-6,11,14-15,18-21,31H,3-4,7-10,12H2,1H3,(H,30,34)(H,32,35)/t14-,15-,18+,19-,20-,21+/m0/s1. The second-order valence-corrected chi connectivity index (χ2v) is 10.4. The van der Waals surface area contributed by atoms with Gasteiger partial charge in [-0.2, -0.15) is 5.26 Å². The van der Waals surface area contributed by atoms with Gasteiger partial charge in [-0.05, 0) is 57.2 Å². The molecule has 2 bridgehead atoms.